The highest BCUT2D eigenvalue weighted by Gasteiger charge is 2.08. The first-order valence-corrected chi connectivity index (χ1v) is 6.32. The first-order chi connectivity index (χ1) is 8.09. The number of halogens is 3. The lowest BCUT2D eigenvalue weighted by atomic mass is 10.3. The maximum atomic E-state index is 6.01. The van der Waals surface area contributed by atoms with Crippen LogP contribution in [-0.4, -0.2) is 9.97 Å². The second-order valence-corrected chi connectivity index (χ2v) is 4.92. The number of anilines is 2. The van der Waals surface area contributed by atoms with Gasteiger partial charge in [0, 0.05) is 5.56 Å². The van der Waals surface area contributed by atoms with Gasteiger partial charge >= 0.3 is 0 Å². The van der Waals surface area contributed by atoms with Crippen molar-refractivity contribution in [2.45, 2.75) is 6.92 Å². The van der Waals surface area contributed by atoms with E-state index in [1.165, 1.54) is 6.33 Å². The molecule has 0 atom stereocenters. The molecular formula is C11H8BrCl2N3. The van der Waals surface area contributed by atoms with E-state index in [0.717, 1.165) is 15.7 Å². The van der Waals surface area contributed by atoms with Gasteiger partial charge in [0.2, 0.25) is 0 Å². The fourth-order valence-electron chi connectivity index (χ4n) is 1.28. The highest BCUT2D eigenvalue weighted by atomic mass is 79.9. The summed E-state index contributed by atoms with van der Waals surface area (Å²) in [5.41, 5.74) is 1.62. The molecule has 88 valence electrons. The summed E-state index contributed by atoms with van der Waals surface area (Å²) in [6, 6.07) is 5.55. The molecule has 0 amide bonds. The zero-order valence-corrected chi connectivity index (χ0v) is 11.9. The largest absolute Gasteiger partial charge is 0.339 e. The number of aromatic nitrogens is 2. The van der Waals surface area contributed by atoms with Crippen LogP contribution in [0.1, 0.15) is 5.56 Å². The van der Waals surface area contributed by atoms with E-state index < -0.39 is 0 Å². The SMILES string of the molecule is Cc1c(Cl)ncnc1Nc1cccc(Cl)c1Br. The first-order valence-electron chi connectivity index (χ1n) is 4.77. The molecule has 0 saturated carbocycles. The van der Waals surface area contributed by atoms with Gasteiger partial charge in [0.15, 0.2) is 0 Å². The summed E-state index contributed by atoms with van der Waals surface area (Å²) in [6.07, 6.45) is 1.41. The van der Waals surface area contributed by atoms with Crippen LogP contribution in [0.5, 0.6) is 0 Å². The Morgan fingerprint density at radius 3 is 2.76 bits per heavy atom. The number of nitrogens with zero attached hydrogens (tertiary/aromatic N) is 2. The van der Waals surface area contributed by atoms with Crippen LogP contribution in [0.15, 0.2) is 29.0 Å². The molecule has 0 bridgehead atoms. The number of benzene rings is 1. The van der Waals surface area contributed by atoms with E-state index >= 15 is 0 Å². The lowest BCUT2D eigenvalue weighted by Gasteiger charge is -2.11. The highest BCUT2D eigenvalue weighted by Crippen LogP contribution is 2.32. The quantitative estimate of drug-likeness (QED) is 0.817. The van der Waals surface area contributed by atoms with Gasteiger partial charge in [0.1, 0.15) is 17.3 Å². The van der Waals surface area contributed by atoms with E-state index in [4.69, 9.17) is 23.2 Å². The molecule has 17 heavy (non-hydrogen) atoms. The van der Waals surface area contributed by atoms with Crippen LogP contribution in [-0.2, 0) is 0 Å². The van der Waals surface area contributed by atoms with Crippen molar-refractivity contribution >= 4 is 50.6 Å². The van der Waals surface area contributed by atoms with E-state index in [0.29, 0.717) is 16.0 Å². The molecule has 0 saturated heterocycles. The topological polar surface area (TPSA) is 37.8 Å². The zero-order valence-electron chi connectivity index (χ0n) is 8.84. The van der Waals surface area contributed by atoms with Crippen LogP contribution in [0.2, 0.25) is 10.2 Å². The van der Waals surface area contributed by atoms with Crippen LogP contribution in [0.25, 0.3) is 0 Å². The molecule has 2 rings (SSSR count). The molecule has 0 aliphatic carbocycles. The average molecular weight is 333 g/mol. The molecule has 0 aliphatic heterocycles. The van der Waals surface area contributed by atoms with Crippen molar-refractivity contribution in [2.75, 3.05) is 5.32 Å². The van der Waals surface area contributed by atoms with Gasteiger partial charge in [-0.25, -0.2) is 9.97 Å². The van der Waals surface area contributed by atoms with E-state index in [-0.39, 0.29) is 0 Å². The van der Waals surface area contributed by atoms with Crippen molar-refractivity contribution in [1.82, 2.24) is 9.97 Å². The van der Waals surface area contributed by atoms with Crippen LogP contribution in [0.4, 0.5) is 11.5 Å². The Bertz CT molecular complexity index is 511. The Morgan fingerprint density at radius 1 is 1.24 bits per heavy atom. The van der Waals surface area contributed by atoms with E-state index in [2.05, 4.69) is 31.2 Å². The Balaban J connectivity index is 2.38. The second-order valence-electron chi connectivity index (χ2n) is 3.36. The summed E-state index contributed by atoms with van der Waals surface area (Å²) in [5.74, 6) is 0.660. The van der Waals surface area contributed by atoms with Gasteiger partial charge < -0.3 is 5.32 Å². The zero-order chi connectivity index (χ0) is 12.4. The molecule has 2 aromatic rings. The molecule has 0 spiro atoms. The van der Waals surface area contributed by atoms with Crippen LogP contribution in [0.3, 0.4) is 0 Å². The summed E-state index contributed by atoms with van der Waals surface area (Å²) >= 11 is 15.3. The first kappa shape index (κ1) is 12.6. The minimum absolute atomic E-state index is 0.431. The van der Waals surface area contributed by atoms with Gasteiger partial charge in [-0.05, 0) is 35.0 Å². The van der Waals surface area contributed by atoms with Crippen molar-refractivity contribution in [3.8, 4) is 0 Å². The van der Waals surface area contributed by atoms with Crippen molar-refractivity contribution in [1.29, 1.82) is 0 Å². The number of hydrogen-bond donors (Lipinski definition) is 1. The predicted octanol–water partition coefficient (Wildman–Crippen LogP) is 4.60. The molecule has 6 heteroatoms. The minimum Gasteiger partial charge on any atom is -0.339 e. The molecular weight excluding hydrogens is 325 g/mol. The van der Waals surface area contributed by atoms with E-state index in [1.807, 2.05) is 19.1 Å². The van der Waals surface area contributed by atoms with E-state index in [9.17, 15) is 0 Å². The number of nitrogens with one attached hydrogen (secondary N) is 1. The van der Waals surface area contributed by atoms with Gasteiger partial charge in [-0.3, -0.25) is 0 Å². The lowest BCUT2D eigenvalue weighted by molar-refractivity contribution is 1.13. The molecule has 0 fully saturated rings. The fourth-order valence-corrected chi connectivity index (χ4v) is 1.95. The molecule has 1 aromatic heterocycles. The Hall–Kier alpha value is -0.840. The highest BCUT2D eigenvalue weighted by molar-refractivity contribution is 9.10. The molecule has 3 nitrogen and oxygen atoms in total. The third kappa shape index (κ3) is 2.70. The lowest BCUT2D eigenvalue weighted by Crippen LogP contribution is -1.98. The Labute approximate surface area is 117 Å². The maximum Gasteiger partial charge on any atom is 0.138 e. The maximum absolute atomic E-state index is 6.01. The van der Waals surface area contributed by atoms with Gasteiger partial charge in [0.25, 0.3) is 0 Å². The fraction of sp³-hybridized carbons (Fsp3) is 0.0909. The summed E-state index contributed by atoms with van der Waals surface area (Å²) in [4.78, 5) is 8.03. The normalized spacial score (nSPS) is 10.4. The molecule has 1 heterocycles. The second kappa shape index (κ2) is 5.21. The van der Waals surface area contributed by atoms with Gasteiger partial charge in [-0.2, -0.15) is 0 Å². The third-order valence-corrected chi connectivity index (χ3v) is 4.01. The van der Waals surface area contributed by atoms with Crippen LogP contribution in [0, 0.1) is 6.92 Å². The Kier molecular flexibility index (Phi) is 3.86. The third-order valence-electron chi connectivity index (χ3n) is 2.23. The summed E-state index contributed by atoms with van der Waals surface area (Å²) < 4.78 is 0.788. The molecule has 0 radical (unpaired) electrons. The van der Waals surface area contributed by atoms with E-state index in [1.54, 1.807) is 6.07 Å². The van der Waals surface area contributed by atoms with Crippen molar-refractivity contribution in [3.05, 3.63) is 44.7 Å². The van der Waals surface area contributed by atoms with Crippen LogP contribution >= 0.6 is 39.1 Å². The predicted molar refractivity (Wildman–Crippen MR) is 74.2 cm³/mol. The average Bonchev–Trinajstić information content (AvgIpc) is 2.31. The van der Waals surface area contributed by atoms with Crippen molar-refractivity contribution < 1.29 is 0 Å². The summed E-state index contributed by atoms with van der Waals surface area (Å²) in [6.45, 7) is 1.85. The molecule has 1 N–H and O–H groups in total. The van der Waals surface area contributed by atoms with Gasteiger partial charge in [0.05, 0.1) is 15.2 Å². The molecule has 0 aliphatic rings. The van der Waals surface area contributed by atoms with Gasteiger partial charge in [-0.15, -0.1) is 0 Å². The Morgan fingerprint density at radius 2 is 2.00 bits per heavy atom. The number of rotatable bonds is 2. The number of hydrogen-bond acceptors (Lipinski definition) is 3. The van der Waals surface area contributed by atoms with Crippen molar-refractivity contribution in [3.63, 3.8) is 0 Å². The summed E-state index contributed by atoms with van der Waals surface area (Å²) in [7, 11) is 0. The van der Waals surface area contributed by atoms with Crippen molar-refractivity contribution in [2.24, 2.45) is 0 Å². The standard InChI is InChI=1S/C11H8BrCl2N3/c1-6-10(14)15-5-16-11(6)17-8-4-2-3-7(13)9(8)12/h2-5H,1H3,(H,15,16,17). The van der Waals surface area contributed by atoms with Crippen LogP contribution < -0.4 is 5.32 Å². The van der Waals surface area contributed by atoms with Gasteiger partial charge in [-0.1, -0.05) is 29.3 Å². The minimum atomic E-state index is 0.431. The molecule has 1 aromatic carbocycles. The summed E-state index contributed by atoms with van der Waals surface area (Å²) in [5, 5.41) is 4.22. The smallest absolute Gasteiger partial charge is 0.138 e. The monoisotopic (exact) mass is 331 g/mol. The molecule has 0 unspecified atom stereocenters.